The fourth-order valence-corrected chi connectivity index (χ4v) is 1.28. The topological polar surface area (TPSA) is 38.8 Å². The van der Waals surface area contributed by atoms with Gasteiger partial charge in [0.25, 0.3) is 6.41 Å². The van der Waals surface area contributed by atoms with E-state index in [0.29, 0.717) is 18.9 Å². The first kappa shape index (κ1) is 9.02. The van der Waals surface area contributed by atoms with E-state index in [1.165, 1.54) is 4.90 Å². The molecule has 0 spiro atoms. The normalized spacial score (nSPS) is 20.9. The van der Waals surface area contributed by atoms with E-state index in [0.717, 1.165) is 6.41 Å². The van der Waals surface area contributed by atoms with Gasteiger partial charge in [-0.25, -0.2) is 0 Å². The fraction of sp³-hybridized carbons (Fsp3) is 0.300. The van der Waals surface area contributed by atoms with Crippen LogP contribution in [0.15, 0.2) is 30.3 Å². The molecule has 0 aliphatic carbocycles. The van der Waals surface area contributed by atoms with Gasteiger partial charge < -0.3 is 9.47 Å². The van der Waals surface area contributed by atoms with Crippen LogP contribution in [0.3, 0.4) is 0 Å². The highest BCUT2D eigenvalue weighted by atomic mass is 16.7. The highest BCUT2D eigenvalue weighted by molar-refractivity contribution is 5.47. The molecular formula is C10H11NO3. The lowest BCUT2D eigenvalue weighted by Crippen LogP contribution is -2.33. The summed E-state index contributed by atoms with van der Waals surface area (Å²) in [5.41, 5.74) is 0. The molecule has 1 heterocycles. The van der Waals surface area contributed by atoms with Crippen LogP contribution in [0, 0.1) is 0 Å². The number of amides is 1. The zero-order valence-electron chi connectivity index (χ0n) is 7.63. The first-order valence-corrected chi connectivity index (χ1v) is 4.44. The molecule has 4 heteroatoms. The Bertz CT molecular complexity index is 301. The minimum atomic E-state index is -0.574. The lowest BCUT2D eigenvalue weighted by Gasteiger charge is -2.19. The van der Waals surface area contributed by atoms with Crippen molar-refractivity contribution in [2.24, 2.45) is 0 Å². The molecule has 0 bridgehead atoms. The largest absolute Gasteiger partial charge is 0.446 e. The van der Waals surface area contributed by atoms with Gasteiger partial charge in [0.2, 0.25) is 6.41 Å². The van der Waals surface area contributed by atoms with Gasteiger partial charge in [-0.05, 0) is 12.1 Å². The van der Waals surface area contributed by atoms with Crippen LogP contribution in [0.25, 0.3) is 0 Å². The first-order valence-electron chi connectivity index (χ1n) is 4.44. The van der Waals surface area contributed by atoms with Gasteiger partial charge in [0.1, 0.15) is 5.75 Å². The van der Waals surface area contributed by atoms with E-state index in [2.05, 4.69) is 0 Å². The Morgan fingerprint density at radius 2 is 2.21 bits per heavy atom. The summed E-state index contributed by atoms with van der Waals surface area (Å²) in [6.45, 7) is 1.11. The van der Waals surface area contributed by atoms with Crippen LogP contribution < -0.4 is 4.74 Å². The number of carbonyl (C=O) groups is 1. The highest BCUT2D eigenvalue weighted by Gasteiger charge is 2.25. The zero-order chi connectivity index (χ0) is 9.80. The van der Waals surface area contributed by atoms with Crippen molar-refractivity contribution in [1.82, 2.24) is 4.90 Å². The van der Waals surface area contributed by atoms with Crippen molar-refractivity contribution in [3.05, 3.63) is 30.3 Å². The third-order valence-electron chi connectivity index (χ3n) is 2.00. The predicted octanol–water partition coefficient (Wildman–Crippen LogP) is 0.838. The molecule has 1 amide bonds. The van der Waals surface area contributed by atoms with E-state index in [9.17, 15) is 4.79 Å². The van der Waals surface area contributed by atoms with E-state index in [1.807, 2.05) is 30.3 Å². The molecule has 1 aliphatic heterocycles. The number of nitrogens with zero attached hydrogens (tertiary/aromatic N) is 1. The number of para-hydroxylation sites is 1. The van der Waals surface area contributed by atoms with E-state index in [4.69, 9.17) is 9.47 Å². The molecule has 0 aromatic heterocycles. The van der Waals surface area contributed by atoms with Crippen molar-refractivity contribution < 1.29 is 14.3 Å². The van der Waals surface area contributed by atoms with E-state index in [-0.39, 0.29) is 0 Å². The number of hydrogen-bond donors (Lipinski definition) is 0. The molecule has 1 aromatic rings. The number of carbonyl (C=O) groups excluding carboxylic acids is 1. The third kappa shape index (κ3) is 1.85. The Kier molecular flexibility index (Phi) is 2.65. The molecule has 1 fully saturated rings. The zero-order valence-corrected chi connectivity index (χ0v) is 7.63. The van der Waals surface area contributed by atoms with E-state index in [1.54, 1.807) is 0 Å². The summed E-state index contributed by atoms with van der Waals surface area (Å²) in [5.74, 6) is 0.700. The Hall–Kier alpha value is -1.55. The maximum atomic E-state index is 10.6. The summed E-state index contributed by atoms with van der Waals surface area (Å²) >= 11 is 0. The average molecular weight is 193 g/mol. The molecule has 14 heavy (non-hydrogen) atoms. The maximum Gasteiger partial charge on any atom is 0.286 e. The summed E-state index contributed by atoms with van der Waals surface area (Å²) in [7, 11) is 0. The van der Waals surface area contributed by atoms with Gasteiger partial charge in [0.15, 0.2) is 0 Å². The number of ether oxygens (including phenoxy) is 2. The van der Waals surface area contributed by atoms with Crippen LogP contribution >= 0.6 is 0 Å². The molecule has 0 saturated carbocycles. The summed E-state index contributed by atoms with van der Waals surface area (Å²) in [4.78, 5) is 12.1. The highest BCUT2D eigenvalue weighted by Crippen LogP contribution is 2.15. The van der Waals surface area contributed by atoms with Crippen molar-refractivity contribution in [3.8, 4) is 5.75 Å². The SMILES string of the molecule is O=CN1CCOC1Oc1ccccc1. The lowest BCUT2D eigenvalue weighted by molar-refractivity contribution is -0.143. The third-order valence-corrected chi connectivity index (χ3v) is 2.00. The standard InChI is InChI=1S/C10H11NO3/c12-8-11-6-7-13-10(11)14-9-4-2-1-3-5-9/h1-5,8,10H,6-7H2. The second-order valence-electron chi connectivity index (χ2n) is 2.95. The smallest absolute Gasteiger partial charge is 0.286 e. The Labute approximate surface area is 82.0 Å². The van der Waals surface area contributed by atoms with E-state index < -0.39 is 6.41 Å². The molecule has 1 atom stereocenters. The van der Waals surface area contributed by atoms with Gasteiger partial charge in [0.05, 0.1) is 6.61 Å². The fourth-order valence-electron chi connectivity index (χ4n) is 1.28. The molecule has 2 rings (SSSR count). The van der Waals surface area contributed by atoms with Crippen LogP contribution in [-0.4, -0.2) is 30.9 Å². The van der Waals surface area contributed by atoms with Gasteiger partial charge in [-0.1, -0.05) is 18.2 Å². The van der Waals surface area contributed by atoms with Gasteiger partial charge in [-0.3, -0.25) is 9.69 Å². The summed E-state index contributed by atoms with van der Waals surface area (Å²) in [6, 6.07) is 9.29. The minimum Gasteiger partial charge on any atom is -0.446 e. The second kappa shape index (κ2) is 4.11. The van der Waals surface area contributed by atoms with Gasteiger partial charge in [-0.2, -0.15) is 0 Å². The number of hydrogen-bond acceptors (Lipinski definition) is 3. The average Bonchev–Trinajstić information content (AvgIpc) is 2.67. The monoisotopic (exact) mass is 193 g/mol. The van der Waals surface area contributed by atoms with Crippen LogP contribution in [0.5, 0.6) is 5.75 Å². The summed E-state index contributed by atoms with van der Waals surface area (Å²) in [5, 5.41) is 0. The van der Waals surface area contributed by atoms with Gasteiger partial charge in [0, 0.05) is 6.54 Å². The predicted molar refractivity (Wildman–Crippen MR) is 49.6 cm³/mol. The number of rotatable bonds is 3. The van der Waals surface area contributed by atoms with Gasteiger partial charge >= 0.3 is 0 Å². The van der Waals surface area contributed by atoms with Crippen LogP contribution in [0.2, 0.25) is 0 Å². The number of benzene rings is 1. The van der Waals surface area contributed by atoms with Crippen LogP contribution in [0.4, 0.5) is 0 Å². The molecule has 1 unspecified atom stereocenters. The Morgan fingerprint density at radius 3 is 2.93 bits per heavy atom. The van der Waals surface area contributed by atoms with E-state index >= 15 is 0 Å². The summed E-state index contributed by atoms with van der Waals surface area (Å²) < 4.78 is 10.7. The Morgan fingerprint density at radius 1 is 1.43 bits per heavy atom. The lowest BCUT2D eigenvalue weighted by atomic mass is 10.3. The molecule has 0 N–H and O–H groups in total. The molecule has 1 aliphatic rings. The Balaban J connectivity index is 2.00. The molecule has 1 aromatic carbocycles. The molecule has 1 saturated heterocycles. The van der Waals surface area contributed by atoms with Crippen molar-refractivity contribution in [3.63, 3.8) is 0 Å². The molecular weight excluding hydrogens is 182 g/mol. The molecule has 4 nitrogen and oxygen atoms in total. The van der Waals surface area contributed by atoms with Gasteiger partial charge in [-0.15, -0.1) is 0 Å². The quantitative estimate of drug-likeness (QED) is 0.667. The van der Waals surface area contributed by atoms with Crippen LogP contribution in [0.1, 0.15) is 0 Å². The van der Waals surface area contributed by atoms with Crippen molar-refractivity contribution in [1.29, 1.82) is 0 Å². The van der Waals surface area contributed by atoms with Crippen molar-refractivity contribution in [2.75, 3.05) is 13.2 Å². The molecule has 74 valence electrons. The van der Waals surface area contributed by atoms with Crippen molar-refractivity contribution >= 4 is 6.41 Å². The minimum absolute atomic E-state index is 0.524. The second-order valence-corrected chi connectivity index (χ2v) is 2.95. The maximum absolute atomic E-state index is 10.6. The van der Waals surface area contributed by atoms with Crippen LogP contribution in [-0.2, 0) is 9.53 Å². The summed E-state index contributed by atoms with van der Waals surface area (Å²) in [6.07, 6.45) is 0.163. The van der Waals surface area contributed by atoms with Crippen molar-refractivity contribution in [2.45, 2.75) is 6.41 Å². The first-order chi connectivity index (χ1) is 6.90. The molecule has 0 radical (unpaired) electrons.